The number of nitrogens with zero attached hydrogens (tertiary/aromatic N) is 5. The van der Waals surface area contributed by atoms with Crippen LogP contribution in [0.15, 0.2) is 11.0 Å². The van der Waals surface area contributed by atoms with Crippen molar-refractivity contribution in [1.82, 2.24) is 19.1 Å². The van der Waals surface area contributed by atoms with Crippen molar-refractivity contribution in [3.63, 3.8) is 0 Å². The number of aromatic nitrogens is 4. The van der Waals surface area contributed by atoms with Gasteiger partial charge in [-0.05, 0) is 6.42 Å². The molecule has 0 aliphatic carbocycles. The van der Waals surface area contributed by atoms with Gasteiger partial charge in [0.2, 0.25) is 5.95 Å². The molecule has 1 aliphatic rings. The van der Waals surface area contributed by atoms with Crippen LogP contribution in [0.2, 0.25) is 0 Å². The first kappa shape index (κ1) is 22.2. The first-order chi connectivity index (χ1) is 14.7. The highest BCUT2D eigenvalue weighted by Gasteiger charge is 2.50. The van der Waals surface area contributed by atoms with E-state index in [1.54, 1.807) is 0 Å². The summed E-state index contributed by atoms with van der Waals surface area (Å²) in [5.74, 6) is -1.56. The number of nitrogens with two attached hydrogens (primary N) is 1. The van der Waals surface area contributed by atoms with E-state index in [2.05, 4.69) is 9.97 Å². The van der Waals surface area contributed by atoms with Gasteiger partial charge in [0.1, 0.15) is 18.2 Å². The van der Waals surface area contributed by atoms with Crippen LogP contribution >= 0.6 is 0 Å². The molecule has 1 fully saturated rings. The minimum Gasteiger partial charge on any atom is -0.463 e. The normalized spacial score (nSPS) is 22.9. The quantitative estimate of drug-likeness (QED) is 0.468. The van der Waals surface area contributed by atoms with Crippen molar-refractivity contribution in [1.29, 1.82) is 5.26 Å². The van der Waals surface area contributed by atoms with Gasteiger partial charge in [-0.25, -0.2) is 18.7 Å². The monoisotopic (exact) mass is 436 g/mol. The van der Waals surface area contributed by atoms with E-state index >= 15 is 4.39 Å². The van der Waals surface area contributed by atoms with Crippen molar-refractivity contribution in [3.05, 3.63) is 16.7 Å². The minimum atomic E-state index is -1.88. The molecule has 0 amide bonds. The van der Waals surface area contributed by atoms with Crippen molar-refractivity contribution in [2.75, 3.05) is 12.3 Å². The molecule has 0 spiro atoms. The number of imidazole rings is 1. The second-order valence-electron chi connectivity index (χ2n) is 6.89. The van der Waals surface area contributed by atoms with Gasteiger partial charge in [0, 0.05) is 26.8 Å². The van der Waals surface area contributed by atoms with E-state index in [1.807, 2.05) is 6.07 Å². The molecule has 2 aromatic rings. The third kappa shape index (κ3) is 4.48. The lowest BCUT2D eigenvalue weighted by molar-refractivity contribution is -0.154. The molecule has 2 N–H and O–H groups in total. The number of carbonyl (C=O) groups is 2. The second-order valence-corrected chi connectivity index (χ2v) is 6.89. The fourth-order valence-electron chi connectivity index (χ4n) is 3.39. The highest BCUT2D eigenvalue weighted by Crippen LogP contribution is 2.35. The fourth-order valence-corrected chi connectivity index (χ4v) is 3.39. The first-order valence-corrected chi connectivity index (χ1v) is 9.45. The third-order valence-corrected chi connectivity index (χ3v) is 4.67. The number of fused-ring (bicyclic) bond motifs is 1. The lowest BCUT2D eigenvalue weighted by Crippen LogP contribution is -2.37. The zero-order valence-corrected chi connectivity index (χ0v) is 16.9. The van der Waals surface area contributed by atoms with E-state index in [0.29, 0.717) is 11.9 Å². The number of halogens is 1. The van der Waals surface area contributed by atoms with Crippen LogP contribution in [0, 0.1) is 11.3 Å². The van der Waals surface area contributed by atoms with Gasteiger partial charge in [0.25, 0.3) is 0 Å². The summed E-state index contributed by atoms with van der Waals surface area (Å²) in [5.41, 5.74) is 5.39. The number of alkyl halides is 1. The summed E-state index contributed by atoms with van der Waals surface area (Å²) >= 11 is 0. The molecule has 166 valence electrons. The maximum Gasteiger partial charge on any atom is 0.332 e. The Morgan fingerprint density at radius 1 is 1.39 bits per heavy atom. The number of nitrogen functional groups attached to an aromatic ring is 1. The summed E-state index contributed by atoms with van der Waals surface area (Å²) in [5, 5.41) is 8.78. The lowest BCUT2D eigenvalue weighted by Gasteiger charge is -2.19. The number of anilines is 1. The summed E-state index contributed by atoms with van der Waals surface area (Å²) in [6, 6.07) is 1.99. The average Bonchev–Trinajstić information content (AvgIpc) is 3.14. The smallest absolute Gasteiger partial charge is 0.332 e. The van der Waals surface area contributed by atoms with Gasteiger partial charge < -0.3 is 19.9 Å². The Balaban J connectivity index is 2.08. The summed E-state index contributed by atoms with van der Waals surface area (Å²) < 4.78 is 33.0. The van der Waals surface area contributed by atoms with Crippen molar-refractivity contribution >= 4 is 29.1 Å². The van der Waals surface area contributed by atoms with Crippen LogP contribution in [0.25, 0.3) is 11.2 Å². The number of carbonyl (C=O) groups excluding carboxylic acids is 2. The van der Waals surface area contributed by atoms with Crippen LogP contribution < -0.4 is 11.4 Å². The summed E-state index contributed by atoms with van der Waals surface area (Å²) in [7, 11) is 0. The summed E-state index contributed by atoms with van der Waals surface area (Å²) in [6.45, 7) is 1.99. The molecule has 3 heterocycles. The Labute approximate surface area is 175 Å². The first-order valence-electron chi connectivity index (χ1n) is 9.45. The average molecular weight is 436 g/mol. The third-order valence-electron chi connectivity index (χ3n) is 4.67. The van der Waals surface area contributed by atoms with Crippen LogP contribution in [0.3, 0.4) is 0 Å². The van der Waals surface area contributed by atoms with Gasteiger partial charge >= 0.3 is 17.6 Å². The van der Waals surface area contributed by atoms with Crippen LogP contribution in [0.1, 0.15) is 32.9 Å². The molecule has 13 heteroatoms. The van der Waals surface area contributed by atoms with E-state index in [-0.39, 0.29) is 24.6 Å². The standard InChI is InChI=1S/C18H21FN6O6/c1-9(26)29-8-12-13(19)14(30-10(2)27)16(31-12)25-15-11(7-22-17(21)23-15)24(18(25)28)6-4-3-5-20/h7,12-14,16H,3-4,6,8H2,1-2H3,(H2,21,22,23)/t12-,13-,14-,16-/m1/s1. The van der Waals surface area contributed by atoms with E-state index in [4.69, 9.17) is 25.2 Å². The lowest BCUT2D eigenvalue weighted by atomic mass is 10.1. The zero-order chi connectivity index (χ0) is 22.7. The molecule has 0 bridgehead atoms. The molecule has 0 radical (unpaired) electrons. The molecule has 0 aromatic carbocycles. The van der Waals surface area contributed by atoms with Crippen LogP contribution in [0.5, 0.6) is 0 Å². The molecule has 3 rings (SSSR count). The number of aryl methyl sites for hydroxylation is 1. The number of hydrogen-bond acceptors (Lipinski definition) is 10. The molecular formula is C18H21FN6O6. The SMILES string of the molecule is CC(=O)OC[C@H]1O[C@@H](n2c(=O)n(CCCC#N)c3cnc(N)nc32)[C@H](OC(C)=O)[C@@H]1F. The Morgan fingerprint density at radius 2 is 2.13 bits per heavy atom. The Hall–Kier alpha value is -3.53. The molecule has 2 aromatic heterocycles. The predicted molar refractivity (Wildman–Crippen MR) is 102 cm³/mol. The Kier molecular flexibility index (Phi) is 6.50. The predicted octanol–water partition coefficient (Wildman–Crippen LogP) is 0.209. The van der Waals surface area contributed by atoms with Gasteiger partial charge in [-0.2, -0.15) is 10.2 Å². The number of ether oxygens (including phenoxy) is 3. The van der Waals surface area contributed by atoms with Gasteiger partial charge in [0.15, 0.2) is 24.2 Å². The molecule has 0 saturated carbocycles. The second kappa shape index (κ2) is 9.09. The summed E-state index contributed by atoms with van der Waals surface area (Å²) in [4.78, 5) is 43.9. The molecule has 1 saturated heterocycles. The number of unbranched alkanes of at least 4 members (excludes halogenated alkanes) is 1. The van der Waals surface area contributed by atoms with Crippen molar-refractivity contribution in [2.24, 2.45) is 0 Å². The van der Waals surface area contributed by atoms with Crippen molar-refractivity contribution in [2.45, 2.75) is 57.8 Å². The van der Waals surface area contributed by atoms with E-state index in [0.717, 1.165) is 18.4 Å². The van der Waals surface area contributed by atoms with E-state index in [9.17, 15) is 14.4 Å². The van der Waals surface area contributed by atoms with Gasteiger partial charge in [0.05, 0.1) is 12.3 Å². The van der Waals surface area contributed by atoms with Gasteiger partial charge in [-0.15, -0.1) is 0 Å². The molecule has 0 unspecified atom stereocenters. The van der Waals surface area contributed by atoms with Crippen LogP contribution in [0.4, 0.5) is 10.3 Å². The topological polar surface area (TPSA) is 164 Å². The summed E-state index contributed by atoms with van der Waals surface area (Å²) in [6.07, 6.45) is -4.12. The van der Waals surface area contributed by atoms with Crippen molar-refractivity contribution < 1.29 is 28.2 Å². The molecule has 1 aliphatic heterocycles. The number of esters is 2. The van der Waals surface area contributed by atoms with Crippen molar-refractivity contribution in [3.8, 4) is 6.07 Å². The number of nitriles is 1. The molecular weight excluding hydrogens is 415 g/mol. The van der Waals surface area contributed by atoms with Crippen LogP contribution in [-0.2, 0) is 30.3 Å². The molecule has 31 heavy (non-hydrogen) atoms. The zero-order valence-electron chi connectivity index (χ0n) is 16.9. The number of hydrogen-bond donors (Lipinski definition) is 1. The van der Waals surface area contributed by atoms with Gasteiger partial charge in [-0.3, -0.25) is 14.2 Å². The Morgan fingerprint density at radius 3 is 2.77 bits per heavy atom. The van der Waals surface area contributed by atoms with E-state index in [1.165, 1.54) is 10.8 Å². The maximum atomic E-state index is 15.1. The Bertz CT molecular complexity index is 1090. The largest absolute Gasteiger partial charge is 0.463 e. The van der Waals surface area contributed by atoms with Gasteiger partial charge in [-0.1, -0.05) is 0 Å². The minimum absolute atomic E-state index is 0.0527. The van der Waals surface area contributed by atoms with Crippen LogP contribution in [-0.4, -0.2) is 56.0 Å². The highest BCUT2D eigenvalue weighted by molar-refractivity contribution is 5.72. The maximum absolute atomic E-state index is 15.1. The number of rotatable bonds is 7. The highest BCUT2D eigenvalue weighted by atomic mass is 19.1. The van der Waals surface area contributed by atoms with E-state index < -0.39 is 48.8 Å². The molecule has 4 atom stereocenters. The fraction of sp³-hybridized carbons (Fsp3) is 0.556. The molecule has 12 nitrogen and oxygen atoms in total.